The SMILES string of the molecule is C=C[C@@H](O)[C@H](NC(=O)OC(C)(C)C)C(=O)O. The second-order valence-corrected chi connectivity index (χ2v) is 4.19. The van der Waals surface area contributed by atoms with Crippen LogP contribution < -0.4 is 5.32 Å². The number of amides is 1. The van der Waals surface area contributed by atoms with Gasteiger partial charge in [0, 0.05) is 0 Å². The number of carbonyl (C=O) groups is 2. The van der Waals surface area contributed by atoms with E-state index in [1.54, 1.807) is 20.8 Å². The predicted octanol–water partition coefficient (Wildman–Crippen LogP) is 0.511. The van der Waals surface area contributed by atoms with Gasteiger partial charge in [-0.15, -0.1) is 6.58 Å². The summed E-state index contributed by atoms with van der Waals surface area (Å²) in [6.07, 6.45) is -1.25. The van der Waals surface area contributed by atoms with Crippen molar-refractivity contribution in [3.05, 3.63) is 12.7 Å². The maximum Gasteiger partial charge on any atom is 0.408 e. The number of aliphatic hydroxyl groups is 1. The predicted molar refractivity (Wildman–Crippen MR) is 57.0 cm³/mol. The molecule has 0 aromatic heterocycles. The molecule has 0 saturated heterocycles. The summed E-state index contributed by atoms with van der Waals surface area (Å²) >= 11 is 0. The van der Waals surface area contributed by atoms with Gasteiger partial charge in [-0.3, -0.25) is 0 Å². The third-order valence-corrected chi connectivity index (χ3v) is 1.52. The third kappa shape index (κ3) is 5.35. The summed E-state index contributed by atoms with van der Waals surface area (Å²) in [7, 11) is 0. The fraction of sp³-hybridized carbons (Fsp3) is 0.600. The van der Waals surface area contributed by atoms with E-state index in [0.717, 1.165) is 6.08 Å². The zero-order chi connectivity index (χ0) is 12.9. The number of alkyl carbamates (subject to hydrolysis) is 1. The summed E-state index contributed by atoms with van der Waals surface area (Å²) in [5, 5.41) is 20.1. The van der Waals surface area contributed by atoms with Crippen LogP contribution in [0.4, 0.5) is 4.79 Å². The van der Waals surface area contributed by atoms with Crippen molar-refractivity contribution in [1.82, 2.24) is 5.32 Å². The van der Waals surface area contributed by atoms with E-state index in [1.807, 2.05) is 5.32 Å². The van der Waals surface area contributed by atoms with Crippen LogP contribution in [0.25, 0.3) is 0 Å². The molecule has 0 heterocycles. The molecular weight excluding hydrogens is 214 g/mol. The van der Waals surface area contributed by atoms with Gasteiger partial charge in [0.25, 0.3) is 0 Å². The number of carboxylic acids is 1. The molecule has 92 valence electrons. The number of aliphatic carboxylic acids is 1. The van der Waals surface area contributed by atoms with Gasteiger partial charge >= 0.3 is 12.1 Å². The van der Waals surface area contributed by atoms with Gasteiger partial charge in [-0.25, -0.2) is 9.59 Å². The minimum atomic E-state index is -1.47. The first-order valence-electron chi connectivity index (χ1n) is 4.70. The summed E-state index contributed by atoms with van der Waals surface area (Å²) in [5.41, 5.74) is -0.730. The topological polar surface area (TPSA) is 95.9 Å². The van der Waals surface area contributed by atoms with Gasteiger partial charge in [0.1, 0.15) is 11.7 Å². The molecule has 0 aromatic carbocycles. The van der Waals surface area contributed by atoms with Crippen molar-refractivity contribution < 1.29 is 24.5 Å². The highest BCUT2D eigenvalue weighted by Gasteiger charge is 2.28. The highest BCUT2D eigenvalue weighted by atomic mass is 16.6. The lowest BCUT2D eigenvalue weighted by Gasteiger charge is -2.23. The molecule has 6 nitrogen and oxygen atoms in total. The van der Waals surface area contributed by atoms with Crippen molar-refractivity contribution >= 4 is 12.1 Å². The van der Waals surface area contributed by atoms with Crippen LogP contribution in [0.1, 0.15) is 20.8 Å². The molecule has 0 unspecified atom stereocenters. The first kappa shape index (κ1) is 14.4. The van der Waals surface area contributed by atoms with E-state index in [2.05, 4.69) is 6.58 Å². The lowest BCUT2D eigenvalue weighted by molar-refractivity contribution is -0.141. The molecule has 0 fully saturated rings. The van der Waals surface area contributed by atoms with Crippen molar-refractivity contribution in [1.29, 1.82) is 0 Å². The minimum Gasteiger partial charge on any atom is -0.480 e. The smallest absolute Gasteiger partial charge is 0.408 e. The quantitative estimate of drug-likeness (QED) is 0.613. The van der Waals surface area contributed by atoms with Crippen molar-refractivity contribution in [3.8, 4) is 0 Å². The molecule has 16 heavy (non-hydrogen) atoms. The average Bonchev–Trinajstić information content (AvgIpc) is 2.09. The lowest BCUT2D eigenvalue weighted by Crippen LogP contribution is -2.49. The number of rotatable bonds is 4. The monoisotopic (exact) mass is 231 g/mol. The Hall–Kier alpha value is -1.56. The standard InChI is InChI=1S/C10H17NO5/c1-5-6(12)7(8(13)14)11-9(15)16-10(2,3)4/h5-7,12H,1H2,2-4H3,(H,11,15)(H,13,14)/t6-,7+/m1/s1. The fourth-order valence-electron chi connectivity index (χ4n) is 0.864. The molecular formula is C10H17NO5. The van der Waals surface area contributed by atoms with E-state index in [4.69, 9.17) is 9.84 Å². The number of hydrogen-bond acceptors (Lipinski definition) is 4. The van der Waals surface area contributed by atoms with Crippen molar-refractivity contribution in [2.24, 2.45) is 0 Å². The van der Waals surface area contributed by atoms with Crippen molar-refractivity contribution in [2.45, 2.75) is 38.5 Å². The van der Waals surface area contributed by atoms with Crippen LogP contribution in [0.3, 0.4) is 0 Å². The Bertz CT molecular complexity index is 281. The van der Waals surface area contributed by atoms with Gasteiger partial charge in [-0.05, 0) is 20.8 Å². The number of carboxylic acid groups (broad SMARTS) is 1. The zero-order valence-electron chi connectivity index (χ0n) is 9.56. The summed E-state index contributed by atoms with van der Waals surface area (Å²) < 4.78 is 4.85. The minimum absolute atomic E-state index is 0.730. The van der Waals surface area contributed by atoms with Gasteiger partial charge in [0.05, 0.1) is 0 Å². The molecule has 2 atom stereocenters. The van der Waals surface area contributed by atoms with E-state index in [-0.39, 0.29) is 0 Å². The Kier molecular flexibility index (Phi) is 4.97. The molecule has 0 aromatic rings. The Labute approximate surface area is 93.9 Å². The van der Waals surface area contributed by atoms with E-state index >= 15 is 0 Å². The first-order chi connectivity index (χ1) is 7.17. The molecule has 0 bridgehead atoms. The fourth-order valence-corrected chi connectivity index (χ4v) is 0.864. The molecule has 0 aliphatic heterocycles. The molecule has 0 radical (unpaired) electrons. The van der Waals surface area contributed by atoms with Crippen LogP contribution in [-0.2, 0) is 9.53 Å². The highest BCUT2D eigenvalue weighted by Crippen LogP contribution is 2.07. The largest absolute Gasteiger partial charge is 0.480 e. The normalized spacial score (nSPS) is 14.8. The third-order valence-electron chi connectivity index (χ3n) is 1.52. The molecule has 1 amide bonds. The van der Waals surface area contributed by atoms with Gasteiger partial charge < -0.3 is 20.3 Å². The molecule has 0 spiro atoms. The number of ether oxygens (including phenoxy) is 1. The van der Waals surface area contributed by atoms with Crippen LogP contribution in [0.2, 0.25) is 0 Å². The van der Waals surface area contributed by atoms with Crippen LogP contribution in [0, 0.1) is 0 Å². The van der Waals surface area contributed by atoms with Gasteiger partial charge in [-0.1, -0.05) is 6.08 Å². The Balaban J connectivity index is 4.47. The molecule has 0 rings (SSSR count). The summed E-state index contributed by atoms with van der Waals surface area (Å²) in [5.74, 6) is -1.36. The number of carbonyl (C=O) groups excluding carboxylic acids is 1. The number of nitrogens with one attached hydrogen (secondary N) is 1. The molecule has 0 aliphatic rings. The van der Waals surface area contributed by atoms with E-state index in [9.17, 15) is 14.7 Å². The number of hydrogen-bond donors (Lipinski definition) is 3. The lowest BCUT2D eigenvalue weighted by atomic mass is 10.1. The van der Waals surface area contributed by atoms with Gasteiger partial charge in [0.15, 0.2) is 6.04 Å². The summed E-state index contributed by atoms with van der Waals surface area (Å²) in [6, 6.07) is -1.47. The van der Waals surface area contributed by atoms with Crippen molar-refractivity contribution in [3.63, 3.8) is 0 Å². The van der Waals surface area contributed by atoms with Crippen LogP contribution in [0.15, 0.2) is 12.7 Å². The molecule has 0 aliphatic carbocycles. The molecule has 0 saturated carbocycles. The summed E-state index contributed by atoms with van der Waals surface area (Å²) in [6.45, 7) is 8.18. The Morgan fingerprint density at radius 2 is 1.94 bits per heavy atom. The van der Waals surface area contributed by atoms with Gasteiger partial charge in [0.2, 0.25) is 0 Å². The van der Waals surface area contributed by atoms with E-state index < -0.39 is 29.8 Å². The second-order valence-electron chi connectivity index (χ2n) is 4.19. The Morgan fingerprint density at radius 1 is 1.44 bits per heavy atom. The maximum absolute atomic E-state index is 11.3. The highest BCUT2D eigenvalue weighted by molar-refractivity contribution is 5.80. The average molecular weight is 231 g/mol. The zero-order valence-corrected chi connectivity index (χ0v) is 9.56. The second kappa shape index (κ2) is 5.50. The molecule has 3 N–H and O–H groups in total. The van der Waals surface area contributed by atoms with Gasteiger partial charge in [-0.2, -0.15) is 0 Å². The Morgan fingerprint density at radius 3 is 2.25 bits per heavy atom. The van der Waals surface area contributed by atoms with E-state index in [1.165, 1.54) is 0 Å². The van der Waals surface area contributed by atoms with Crippen LogP contribution >= 0.6 is 0 Å². The number of aliphatic hydroxyl groups excluding tert-OH is 1. The van der Waals surface area contributed by atoms with Crippen LogP contribution in [0.5, 0.6) is 0 Å². The first-order valence-corrected chi connectivity index (χ1v) is 4.70. The van der Waals surface area contributed by atoms with Crippen molar-refractivity contribution in [2.75, 3.05) is 0 Å². The van der Waals surface area contributed by atoms with Crippen LogP contribution in [-0.4, -0.2) is 40.0 Å². The summed E-state index contributed by atoms with van der Waals surface area (Å²) in [4.78, 5) is 22.0. The maximum atomic E-state index is 11.3. The molecule has 6 heteroatoms. The van der Waals surface area contributed by atoms with E-state index in [0.29, 0.717) is 0 Å².